The lowest BCUT2D eigenvalue weighted by molar-refractivity contribution is 0.0636. The second-order valence-electron chi connectivity index (χ2n) is 6.11. The monoisotopic (exact) mass is 390 g/mol. The number of anilines is 3. The number of aromatic nitrogens is 2. The summed E-state index contributed by atoms with van der Waals surface area (Å²) >= 11 is 1.38. The molecule has 0 aliphatic carbocycles. The Morgan fingerprint density at radius 1 is 1.22 bits per heavy atom. The van der Waals surface area contributed by atoms with Gasteiger partial charge in [-0.05, 0) is 45.2 Å². The van der Waals surface area contributed by atoms with E-state index in [9.17, 15) is 9.59 Å². The van der Waals surface area contributed by atoms with Gasteiger partial charge in [0.1, 0.15) is 11.4 Å². The quantitative estimate of drug-likeness (QED) is 0.415. The minimum atomic E-state index is -0.575. The van der Waals surface area contributed by atoms with Crippen molar-refractivity contribution in [2.45, 2.75) is 45.4 Å². The first-order valence-corrected chi connectivity index (χ1v) is 9.76. The van der Waals surface area contributed by atoms with Crippen molar-refractivity contribution in [2.75, 3.05) is 16.9 Å². The Hall–Kier alpha value is -2.61. The Bertz CT molecular complexity index is 776. The summed E-state index contributed by atoms with van der Waals surface area (Å²) in [6.45, 7) is 9.39. The van der Waals surface area contributed by atoms with E-state index in [2.05, 4.69) is 20.6 Å². The van der Waals surface area contributed by atoms with E-state index in [0.29, 0.717) is 34.2 Å². The van der Waals surface area contributed by atoms with Gasteiger partial charge < -0.3 is 10.1 Å². The summed E-state index contributed by atoms with van der Waals surface area (Å²) in [4.78, 5) is 31.4. The fourth-order valence-corrected chi connectivity index (χ4v) is 2.23. The number of ether oxygens (including phenoxy) is 1. The first kappa shape index (κ1) is 22.4. The van der Waals surface area contributed by atoms with Crippen LogP contribution in [-0.4, -0.2) is 34.2 Å². The molecule has 0 aliphatic rings. The van der Waals surface area contributed by atoms with Gasteiger partial charge in [0.25, 0.3) is 0 Å². The predicted molar refractivity (Wildman–Crippen MR) is 110 cm³/mol. The molecule has 1 aromatic carbocycles. The molecule has 0 unspecified atom stereocenters. The van der Waals surface area contributed by atoms with E-state index < -0.39 is 11.7 Å². The van der Waals surface area contributed by atoms with Crippen molar-refractivity contribution in [3.05, 3.63) is 36.0 Å². The number of aldehydes is 1. The smallest absolute Gasteiger partial charge is 0.412 e. The van der Waals surface area contributed by atoms with E-state index in [0.717, 1.165) is 0 Å². The molecule has 0 saturated carbocycles. The summed E-state index contributed by atoms with van der Waals surface area (Å²) in [6, 6.07) is 7.03. The van der Waals surface area contributed by atoms with Gasteiger partial charge in [-0.3, -0.25) is 10.1 Å². The van der Waals surface area contributed by atoms with Crippen LogP contribution in [0.1, 0.15) is 45.0 Å². The third-order valence-corrected chi connectivity index (χ3v) is 3.44. The van der Waals surface area contributed by atoms with Crippen molar-refractivity contribution in [3.63, 3.8) is 0 Å². The first-order valence-electron chi connectivity index (χ1n) is 8.54. The van der Waals surface area contributed by atoms with E-state index in [1.54, 1.807) is 45.0 Å². The molecule has 7 nitrogen and oxygen atoms in total. The number of hydrogen-bond donors (Lipinski definition) is 2. The molecule has 0 atom stereocenters. The topological polar surface area (TPSA) is 93.2 Å². The predicted octanol–water partition coefficient (Wildman–Crippen LogP) is 5.13. The number of carbonyl (C=O) groups excluding carboxylic acids is 2. The summed E-state index contributed by atoms with van der Waals surface area (Å²) in [5.41, 5.74) is 1.00. The zero-order chi connectivity index (χ0) is 20.4. The Morgan fingerprint density at radius 3 is 2.48 bits per heavy atom. The molecule has 0 fully saturated rings. The number of thioether (sulfide) groups is 1. The Kier molecular flexibility index (Phi) is 8.74. The van der Waals surface area contributed by atoms with Gasteiger partial charge in [-0.2, -0.15) is 0 Å². The van der Waals surface area contributed by atoms with Crippen molar-refractivity contribution in [2.24, 2.45) is 0 Å². The van der Waals surface area contributed by atoms with Gasteiger partial charge in [-0.15, -0.1) is 0 Å². The van der Waals surface area contributed by atoms with Crippen molar-refractivity contribution in [1.82, 2.24) is 9.97 Å². The summed E-state index contributed by atoms with van der Waals surface area (Å²) in [5.74, 6) is 0.406. The highest BCUT2D eigenvalue weighted by atomic mass is 32.2. The maximum atomic E-state index is 11.9. The van der Waals surface area contributed by atoms with E-state index in [1.165, 1.54) is 18.0 Å². The molecule has 27 heavy (non-hydrogen) atoms. The number of carbonyl (C=O) groups is 2. The van der Waals surface area contributed by atoms with Crippen LogP contribution < -0.4 is 10.6 Å². The number of benzene rings is 1. The largest absolute Gasteiger partial charge is 0.444 e. The molecule has 2 rings (SSSR count). The molecule has 0 saturated heterocycles. The standard InChI is InChI=1S/C17H20N4O3S.C2H6/c1-17(2,3)24-16(23)20-13-7-5-6-12(8-13)19-14-11(10-22)9-18-15(21-14)25-4;1-2/h5-10H,1-4H3,(H,20,23)(H,18,19,21);1-2H3. The van der Waals surface area contributed by atoms with Crippen LogP contribution in [0.25, 0.3) is 0 Å². The highest BCUT2D eigenvalue weighted by molar-refractivity contribution is 7.98. The van der Waals surface area contributed by atoms with Crippen LogP contribution in [0, 0.1) is 0 Å². The molecule has 0 radical (unpaired) electrons. The molecular formula is C19H26N4O3S. The SMILES string of the molecule is CC.CSc1ncc(C=O)c(Nc2cccc(NC(=O)OC(C)(C)C)c2)n1. The fourth-order valence-electron chi connectivity index (χ4n) is 1.89. The molecular weight excluding hydrogens is 364 g/mol. The molecule has 1 aromatic heterocycles. The first-order chi connectivity index (χ1) is 12.8. The average Bonchev–Trinajstić information content (AvgIpc) is 2.62. The summed E-state index contributed by atoms with van der Waals surface area (Å²) in [6.07, 6.45) is 3.47. The third-order valence-electron chi connectivity index (χ3n) is 2.88. The van der Waals surface area contributed by atoms with Gasteiger partial charge in [0, 0.05) is 17.6 Å². The van der Waals surface area contributed by atoms with Crippen molar-refractivity contribution in [1.29, 1.82) is 0 Å². The Morgan fingerprint density at radius 2 is 1.89 bits per heavy atom. The average molecular weight is 391 g/mol. The van der Waals surface area contributed by atoms with Crippen molar-refractivity contribution in [3.8, 4) is 0 Å². The lowest BCUT2D eigenvalue weighted by Crippen LogP contribution is -2.27. The normalized spacial score (nSPS) is 10.3. The van der Waals surface area contributed by atoms with Gasteiger partial charge in [0.05, 0.1) is 5.56 Å². The molecule has 1 heterocycles. The Balaban J connectivity index is 0.00000176. The molecule has 2 N–H and O–H groups in total. The van der Waals surface area contributed by atoms with E-state index >= 15 is 0 Å². The summed E-state index contributed by atoms with van der Waals surface area (Å²) in [5, 5.41) is 6.29. The van der Waals surface area contributed by atoms with Gasteiger partial charge in [0.15, 0.2) is 11.4 Å². The third kappa shape index (κ3) is 7.65. The molecule has 1 amide bonds. The fraction of sp³-hybridized carbons (Fsp3) is 0.368. The lowest BCUT2D eigenvalue weighted by atomic mass is 10.2. The van der Waals surface area contributed by atoms with Gasteiger partial charge >= 0.3 is 6.09 Å². The van der Waals surface area contributed by atoms with Crippen LogP contribution in [0.15, 0.2) is 35.6 Å². The van der Waals surface area contributed by atoms with Gasteiger partial charge in [-0.1, -0.05) is 31.7 Å². The lowest BCUT2D eigenvalue weighted by Gasteiger charge is -2.19. The van der Waals surface area contributed by atoms with Crippen LogP contribution in [-0.2, 0) is 4.74 Å². The van der Waals surface area contributed by atoms with Crippen LogP contribution in [0.3, 0.4) is 0 Å². The summed E-state index contributed by atoms with van der Waals surface area (Å²) < 4.78 is 5.23. The minimum Gasteiger partial charge on any atom is -0.444 e. The zero-order valence-electron chi connectivity index (χ0n) is 16.5. The van der Waals surface area contributed by atoms with Crippen molar-refractivity contribution >= 4 is 41.3 Å². The highest BCUT2D eigenvalue weighted by Gasteiger charge is 2.16. The maximum absolute atomic E-state index is 11.9. The molecule has 0 bridgehead atoms. The van der Waals surface area contributed by atoms with Crippen LogP contribution >= 0.6 is 11.8 Å². The van der Waals surface area contributed by atoms with Crippen LogP contribution in [0.4, 0.5) is 22.0 Å². The summed E-state index contributed by atoms with van der Waals surface area (Å²) in [7, 11) is 0. The number of nitrogens with one attached hydrogen (secondary N) is 2. The zero-order valence-corrected chi connectivity index (χ0v) is 17.3. The van der Waals surface area contributed by atoms with Gasteiger partial charge in [-0.25, -0.2) is 14.8 Å². The maximum Gasteiger partial charge on any atom is 0.412 e. The molecule has 8 heteroatoms. The van der Waals surface area contributed by atoms with E-state index in [1.807, 2.05) is 20.1 Å². The molecule has 0 aliphatic heterocycles. The van der Waals surface area contributed by atoms with E-state index in [4.69, 9.17) is 4.74 Å². The van der Waals surface area contributed by atoms with Crippen LogP contribution in [0.2, 0.25) is 0 Å². The number of nitrogens with zero attached hydrogens (tertiary/aromatic N) is 2. The Labute approximate surface area is 164 Å². The van der Waals surface area contributed by atoms with Gasteiger partial charge in [0.2, 0.25) is 0 Å². The highest BCUT2D eigenvalue weighted by Crippen LogP contribution is 2.22. The second kappa shape index (κ2) is 10.5. The number of rotatable bonds is 5. The molecule has 0 spiro atoms. The minimum absolute atomic E-state index is 0.350. The second-order valence-corrected chi connectivity index (χ2v) is 6.88. The number of hydrogen-bond acceptors (Lipinski definition) is 7. The van der Waals surface area contributed by atoms with Crippen LogP contribution in [0.5, 0.6) is 0 Å². The van der Waals surface area contributed by atoms with Crippen molar-refractivity contribution < 1.29 is 14.3 Å². The molecule has 2 aromatic rings. The van der Waals surface area contributed by atoms with E-state index in [-0.39, 0.29) is 0 Å². The number of amides is 1. The molecule has 146 valence electrons.